The molecule has 0 bridgehead atoms. The zero-order chi connectivity index (χ0) is 15.7. The number of hydrogen-bond acceptors (Lipinski definition) is 6. The third kappa shape index (κ3) is 3.11. The summed E-state index contributed by atoms with van der Waals surface area (Å²) in [7, 11) is 0. The first-order valence-corrected chi connectivity index (χ1v) is 8.25. The first kappa shape index (κ1) is 15.3. The zero-order valence-electron chi connectivity index (χ0n) is 12.4. The molecule has 0 aliphatic carbocycles. The smallest absolute Gasteiger partial charge is 0.262 e. The number of aliphatic hydroxyl groups is 1. The Hall–Kier alpha value is -1.57. The van der Waals surface area contributed by atoms with Crippen molar-refractivity contribution in [2.24, 2.45) is 0 Å². The second kappa shape index (κ2) is 6.28. The topological polar surface area (TPSA) is 84.2 Å². The van der Waals surface area contributed by atoms with Crippen molar-refractivity contribution in [3.8, 4) is 0 Å². The minimum absolute atomic E-state index is 0.00156. The van der Waals surface area contributed by atoms with E-state index in [1.807, 2.05) is 13.0 Å². The SMILES string of the molecule is Cc1cc2c(=O)n(CC(=O)CC3NCCCC3O)cnc2s1. The normalized spacial score (nSPS) is 22.1. The highest BCUT2D eigenvalue weighted by Gasteiger charge is 2.25. The average Bonchev–Trinajstić information content (AvgIpc) is 2.86. The van der Waals surface area contributed by atoms with Crippen molar-refractivity contribution < 1.29 is 9.90 Å². The number of carbonyl (C=O) groups excluding carboxylic acids is 1. The van der Waals surface area contributed by atoms with Gasteiger partial charge in [0.25, 0.3) is 5.56 Å². The van der Waals surface area contributed by atoms with Gasteiger partial charge < -0.3 is 10.4 Å². The van der Waals surface area contributed by atoms with Gasteiger partial charge in [-0.15, -0.1) is 11.3 Å². The number of Topliss-reactive ketones (excluding diaryl/α,β-unsaturated/α-hetero) is 1. The summed E-state index contributed by atoms with van der Waals surface area (Å²) >= 11 is 1.47. The van der Waals surface area contributed by atoms with Gasteiger partial charge in [0, 0.05) is 17.3 Å². The Morgan fingerprint density at radius 1 is 1.59 bits per heavy atom. The summed E-state index contributed by atoms with van der Waals surface area (Å²) in [6.07, 6.45) is 2.81. The molecule has 0 radical (unpaired) electrons. The fraction of sp³-hybridized carbons (Fsp3) is 0.533. The second-order valence-corrected chi connectivity index (χ2v) is 7.00. The Labute approximate surface area is 131 Å². The summed E-state index contributed by atoms with van der Waals surface area (Å²) < 4.78 is 1.35. The van der Waals surface area contributed by atoms with Crippen LogP contribution in [0.5, 0.6) is 0 Å². The third-order valence-electron chi connectivity index (χ3n) is 3.98. The molecule has 1 aliphatic heterocycles. The standard InChI is InChI=1S/C15H19N3O3S/c1-9-5-11-14(22-9)17-8-18(15(11)21)7-10(19)6-12-13(20)3-2-4-16-12/h5,8,12-13,16,20H,2-4,6-7H2,1H3. The van der Waals surface area contributed by atoms with E-state index in [4.69, 9.17) is 0 Å². The Kier molecular flexibility index (Phi) is 4.37. The quantitative estimate of drug-likeness (QED) is 0.872. The number of nitrogens with one attached hydrogen (secondary N) is 1. The third-order valence-corrected chi connectivity index (χ3v) is 4.94. The lowest BCUT2D eigenvalue weighted by Crippen LogP contribution is -2.46. The summed E-state index contributed by atoms with van der Waals surface area (Å²) in [6, 6.07) is 1.60. The maximum absolute atomic E-state index is 12.3. The van der Waals surface area contributed by atoms with Crippen LogP contribution in [-0.4, -0.2) is 39.1 Å². The number of thiophene rings is 1. The molecule has 0 amide bonds. The molecular formula is C15H19N3O3S. The molecule has 118 valence electrons. The van der Waals surface area contributed by atoms with E-state index >= 15 is 0 Å². The molecule has 2 unspecified atom stereocenters. The summed E-state index contributed by atoms with van der Waals surface area (Å²) in [6.45, 7) is 2.75. The molecule has 2 atom stereocenters. The molecule has 7 heteroatoms. The van der Waals surface area contributed by atoms with Crippen molar-refractivity contribution in [2.45, 2.75) is 44.9 Å². The monoisotopic (exact) mass is 321 g/mol. The van der Waals surface area contributed by atoms with Crippen LogP contribution in [0.2, 0.25) is 0 Å². The summed E-state index contributed by atoms with van der Waals surface area (Å²) in [5.41, 5.74) is -0.181. The largest absolute Gasteiger partial charge is 0.391 e. The van der Waals surface area contributed by atoms with Crippen molar-refractivity contribution in [1.29, 1.82) is 0 Å². The van der Waals surface area contributed by atoms with Crippen LogP contribution in [0.3, 0.4) is 0 Å². The first-order chi connectivity index (χ1) is 10.5. The highest BCUT2D eigenvalue weighted by Crippen LogP contribution is 2.19. The van der Waals surface area contributed by atoms with E-state index in [1.54, 1.807) is 0 Å². The number of ketones is 1. The number of carbonyl (C=O) groups is 1. The molecule has 1 fully saturated rings. The van der Waals surface area contributed by atoms with E-state index in [2.05, 4.69) is 10.3 Å². The van der Waals surface area contributed by atoms with Gasteiger partial charge in [0.2, 0.25) is 0 Å². The van der Waals surface area contributed by atoms with Crippen molar-refractivity contribution in [2.75, 3.05) is 6.54 Å². The number of fused-ring (bicyclic) bond motifs is 1. The highest BCUT2D eigenvalue weighted by atomic mass is 32.1. The predicted octanol–water partition coefficient (Wildman–Crippen LogP) is 0.839. The molecule has 2 aromatic heterocycles. The Bertz CT molecular complexity index is 752. The van der Waals surface area contributed by atoms with Crippen molar-refractivity contribution >= 4 is 27.3 Å². The van der Waals surface area contributed by atoms with Crippen molar-refractivity contribution in [3.05, 3.63) is 27.6 Å². The van der Waals surface area contributed by atoms with Crippen LogP contribution < -0.4 is 10.9 Å². The first-order valence-electron chi connectivity index (χ1n) is 7.43. The number of nitrogens with zero attached hydrogens (tertiary/aromatic N) is 2. The van der Waals surface area contributed by atoms with Gasteiger partial charge in [-0.2, -0.15) is 0 Å². The van der Waals surface area contributed by atoms with Crippen LogP contribution in [0.1, 0.15) is 24.1 Å². The van der Waals surface area contributed by atoms with Crippen LogP contribution in [0.15, 0.2) is 17.2 Å². The van der Waals surface area contributed by atoms with Gasteiger partial charge in [-0.05, 0) is 32.4 Å². The van der Waals surface area contributed by atoms with Gasteiger partial charge in [-0.25, -0.2) is 4.98 Å². The minimum atomic E-state index is -0.491. The van der Waals surface area contributed by atoms with Gasteiger partial charge in [0.15, 0.2) is 5.78 Å². The van der Waals surface area contributed by atoms with Crippen LogP contribution in [0, 0.1) is 6.92 Å². The van der Waals surface area contributed by atoms with Crippen LogP contribution in [0.25, 0.3) is 10.2 Å². The zero-order valence-corrected chi connectivity index (χ0v) is 13.2. The lowest BCUT2D eigenvalue weighted by Gasteiger charge is -2.28. The molecule has 3 heterocycles. The van der Waals surface area contributed by atoms with E-state index in [1.165, 1.54) is 22.2 Å². The molecule has 6 nitrogen and oxygen atoms in total. The predicted molar refractivity (Wildman–Crippen MR) is 85.3 cm³/mol. The van der Waals surface area contributed by atoms with Gasteiger partial charge in [-0.1, -0.05) is 0 Å². The number of aromatic nitrogens is 2. The van der Waals surface area contributed by atoms with E-state index in [0.29, 0.717) is 16.6 Å². The van der Waals surface area contributed by atoms with E-state index in [0.717, 1.165) is 17.8 Å². The molecule has 2 aromatic rings. The number of piperidine rings is 1. The van der Waals surface area contributed by atoms with Crippen LogP contribution in [-0.2, 0) is 11.3 Å². The molecular weight excluding hydrogens is 302 g/mol. The van der Waals surface area contributed by atoms with Crippen LogP contribution >= 0.6 is 11.3 Å². The lowest BCUT2D eigenvalue weighted by molar-refractivity contribution is -0.121. The number of hydrogen-bond donors (Lipinski definition) is 2. The van der Waals surface area contributed by atoms with Gasteiger partial charge >= 0.3 is 0 Å². The molecule has 1 saturated heterocycles. The fourth-order valence-electron chi connectivity index (χ4n) is 2.84. The Morgan fingerprint density at radius 2 is 2.41 bits per heavy atom. The minimum Gasteiger partial charge on any atom is -0.391 e. The van der Waals surface area contributed by atoms with E-state index in [-0.39, 0.29) is 30.3 Å². The van der Waals surface area contributed by atoms with Crippen molar-refractivity contribution in [3.63, 3.8) is 0 Å². The second-order valence-electron chi connectivity index (χ2n) is 5.77. The number of aliphatic hydroxyl groups excluding tert-OH is 1. The van der Waals surface area contributed by atoms with E-state index in [9.17, 15) is 14.7 Å². The molecule has 2 N–H and O–H groups in total. The molecule has 22 heavy (non-hydrogen) atoms. The maximum Gasteiger partial charge on any atom is 0.262 e. The summed E-state index contributed by atoms with van der Waals surface area (Å²) in [5.74, 6) is -0.0753. The van der Waals surface area contributed by atoms with Crippen LogP contribution in [0.4, 0.5) is 0 Å². The van der Waals surface area contributed by atoms with E-state index < -0.39 is 6.10 Å². The van der Waals surface area contributed by atoms with Gasteiger partial charge in [-0.3, -0.25) is 14.2 Å². The Morgan fingerprint density at radius 3 is 3.18 bits per heavy atom. The summed E-state index contributed by atoms with van der Waals surface area (Å²) in [4.78, 5) is 30.5. The molecule has 0 saturated carbocycles. The Balaban J connectivity index is 1.73. The van der Waals surface area contributed by atoms with Crippen molar-refractivity contribution in [1.82, 2.24) is 14.9 Å². The number of aryl methyl sites for hydroxylation is 1. The van der Waals surface area contributed by atoms with Gasteiger partial charge in [0.1, 0.15) is 4.83 Å². The molecule has 3 rings (SSSR count). The lowest BCUT2D eigenvalue weighted by atomic mass is 9.97. The summed E-state index contributed by atoms with van der Waals surface area (Å²) in [5, 5.41) is 13.6. The fourth-order valence-corrected chi connectivity index (χ4v) is 3.67. The number of rotatable bonds is 4. The average molecular weight is 321 g/mol. The van der Waals surface area contributed by atoms with Gasteiger partial charge in [0.05, 0.1) is 24.4 Å². The highest BCUT2D eigenvalue weighted by molar-refractivity contribution is 7.18. The molecule has 0 aromatic carbocycles. The maximum atomic E-state index is 12.3. The molecule has 1 aliphatic rings. The molecule has 0 spiro atoms.